The number of carbonyl (C=O) groups excluding carboxylic acids is 1. The smallest absolute Gasteiger partial charge is 0.162 e. The highest BCUT2D eigenvalue weighted by molar-refractivity contribution is 5.79. The van der Waals surface area contributed by atoms with E-state index in [9.17, 15) is 9.18 Å². The zero-order valence-corrected chi connectivity index (χ0v) is 16.1. The first kappa shape index (κ1) is 19.5. The molecular weight excluding hydrogens is 330 g/mol. The summed E-state index contributed by atoms with van der Waals surface area (Å²) in [4.78, 5) is 11.7. The van der Waals surface area contributed by atoms with Crippen LogP contribution in [0, 0.1) is 17.6 Å². The van der Waals surface area contributed by atoms with Crippen LogP contribution in [0.4, 0.5) is 8.78 Å². The first-order chi connectivity index (χ1) is 12.6. The molecule has 3 rings (SSSR count). The number of rotatable bonds is 6. The molecule has 2 saturated carbocycles. The van der Waals surface area contributed by atoms with E-state index in [0.717, 1.165) is 57.8 Å². The third-order valence-electron chi connectivity index (χ3n) is 6.82. The van der Waals surface area contributed by atoms with Crippen LogP contribution in [0.5, 0.6) is 0 Å². The molecule has 3 heteroatoms. The van der Waals surface area contributed by atoms with Crippen LogP contribution in [0.15, 0.2) is 12.1 Å². The lowest BCUT2D eigenvalue weighted by molar-refractivity contribution is -0.121. The monoisotopic (exact) mass is 362 g/mol. The molecule has 0 radical (unpaired) electrons. The fraction of sp³-hybridized carbons (Fsp3) is 0.696. The molecule has 0 aromatic heterocycles. The van der Waals surface area contributed by atoms with Crippen molar-refractivity contribution >= 4 is 5.78 Å². The number of aryl methyl sites for hydroxylation is 1. The number of ketones is 1. The minimum atomic E-state index is -0.629. The highest BCUT2D eigenvalue weighted by Crippen LogP contribution is 2.50. The van der Waals surface area contributed by atoms with Gasteiger partial charge >= 0.3 is 0 Å². The van der Waals surface area contributed by atoms with E-state index in [2.05, 4.69) is 6.92 Å². The lowest BCUT2D eigenvalue weighted by Crippen LogP contribution is -2.40. The maximum atomic E-state index is 15.2. The van der Waals surface area contributed by atoms with Gasteiger partial charge in [0.15, 0.2) is 11.6 Å². The first-order valence-electron chi connectivity index (χ1n) is 10.6. The van der Waals surface area contributed by atoms with Crippen molar-refractivity contribution in [3.63, 3.8) is 0 Å². The number of hydrogen-bond acceptors (Lipinski definition) is 1. The molecule has 0 aliphatic heterocycles. The Morgan fingerprint density at radius 1 is 1.00 bits per heavy atom. The summed E-state index contributed by atoms with van der Waals surface area (Å²) < 4.78 is 30.0. The number of carbonyl (C=O) groups is 1. The van der Waals surface area contributed by atoms with E-state index in [1.807, 2.05) is 12.1 Å². The van der Waals surface area contributed by atoms with Crippen molar-refractivity contribution in [1.82, 2.24) is 0 Å². The normalized spacial score (nSPS) is 21.1. The molecule has 0 unspecified atom stereocenters. The second-order valence-corrected chi connectivity index (χ2v) is 8.39. The van der Waals surface area contributed by atoms with Crippen LogP contribution in [-0.2, 0) is 16.6 Å². The summed E-state index contributed by atoms with van der Waals surface area (Å²) >= 11 is 0. The largest absolute Gasteiger partial charge is 0.300 e. The second-order valence-electron chi connectivity index (χ2n) is 8.39. The minimum Gasteiger partial charge on any atom is -0.300 e. The molecule has 0 spiro atoms. The number of halogens is 2. The third-order valence-corrected chi connectivity index (χ3v) is 6.82. The summed E-state index contributed by atoms with van der Waals surface area (Å²) in [5.74, 6) is -0.612. The van der Waals surface area contributed by atoms with Crippen molar-refractivity contribution in [3.8, 4) is 0 Å². The summed E-state index contributed by atoms with van der Waals surface area (Å²) in [6.45, 7) is 2.11. The van der Waals surface area contributed by atoms with Gasteiger partial charge in [0.2, 0.25) is 0 Å². The van der Waals surface area contributed by atoms with Crippen LogP contribution >= 0.6 is 0 Å². The number of Topliss-reactive ketones (excluding diaryl/α,β-unsaturated/α-hetero) is 1. The highest BCUT2D eigenvalue weighted by atomic mass is 19.2. The standard InChI is InChI=1S/C23H32F2O/c1-2-3-5-8-17-9-14-20(22(25)21(17)24)23(15-6-4-7-16-23)18-10-12-19(26)13-11-18/h9,14,18H,2-8,10-13,15-16H2,1H3. The Labute approximate surface area is 156 Å². The van der Waals surface area contributed by atoms with Crippen LogP contribution in [-0.4, -0.2) is 5.78 Å². The van der Waals surface area contributed by atoms with Gasteiger partial charge in [-0.25, -0.2) is 8.78 Å². The summed E-state index contributed by atoms with van der Waals surface area (Å²) in [6, 6.07) is 3.70. The maximum absolute atomic E-state index is 15.2. The predicted octanol–water partition coefficient (Wildman–Crippen LogP) is 6.66. The van der Waals surface area contributed by atoms with Crippen LogP contribution in [0.25, 0.3) is 0 Å². The number of unbranched alkanes of at least 4 members (excludes halogenated alkanes) is 2. The topological polar surface area (TPSA) is 17.1 Å². The second kappa shape index (κ2) is 8.63. The Kier molecular flexibility index (Phi) is 6.47. The number of hydrogen-bond donors (Lipinski definition) is 0. The first-order valence-corrected chi connectivity index (χ1v) is 10.6. The zero-order valence-electron chi connectivity index (χ0n) is 16.1. The minimum absolute atomic E-state index is 0.272. The Bertz CT molecular complexity index is 621. The Hall–Kier alpha value is -1.25. The maximum Gasteiger partial charge on any atom is 0.162 e. The van der Waals surface area contributed by atoms with Gasteiger partial charge in [-0.1, -0.05) is 51.2 Å². The molecule has 0 bridgehead atoms. The van der Waals surface area contributed by atoms with Crippen molar-refractivity contribution in [2.24, 2.45) is 5.92 Å². The molecule has 1 aromatic carbocycles. The van der Waals surface area contributed by atoms with E-state index in [1.165, 1.54) is 6.42 Å². The van der Waals surface area contributed by atoms with Crippen molar-refractivity contribution < 1.29 is 13.6 Å². The molecule has 1 aromatic rings. The summed E-state index contributed by atoms with van der Waals surface area (Å²) in [5, 5.41) is 0. The lowest BCUT2D eigenvalue weighted by Gasteiger charge is -2.46. The van der Waals surface area contributed by atoms with Gasteiger partial charge in [0, 0.05) is 18.3 Å². The van der Waals surface area contributed by atoms with Crippen LogP contribution in [0.2, 0.25) is 0 Å². The molecule has 0 N–H and O–H groups in total. The fourth-order valence-electron chi connectivity index (χ4n) is 5.31. The lowest BCUT2D eigenvalue weighted by atomic mass is 9.58. The van der Waals surface area contributed by atoms with E-state index in [-0.39, 0.29) is 5.41 Å². The zero-order chi connectivity index (χ0) is 18.6. The van der Waals surface area contributed by atoms with Crippen molar-refractivity contribution in [1.29, 1.82) is 0 Å². The van der Waals surface area contributed by atoms with E-state index >= 15 is 4.39 Å². The van der Waals surface area contributed by atoms with Crippen molar-refractivity contribution in [2.45, 2.75) is 95.8 Å². The molecule has 26 heavy (non-hydrogen) atoms. The van der Waals surface area contributed by atoms with E-state index in [0.29, 0.717) is 42.1 Å². The molecule has 0 amide bonds. The summed E-state index contributed by atoms with van der Waals surface area (Å²) in [7, 11) is 0. The van der Waals surface area contributed by atoms with Crippen LogP contribution in [0.1, 0.15) is 95.1 Å². The average Bonchev–Trinajstić information content (AvgIpc) is 2.66. The Morgan fingerprint density at radius 2 is 1.69 bits per heavy atom. The van der Waals surface area contributed by atoms with Gasteiger partial charge in [0.1, 0.15) is 5.78 Å². The summed E-state index contributed by atoms with van der Waals surface area (Å²) in [5.41, 5.74) is 0.837. The molecule has 0 atom stereocenters. The molecule has 2 aliphatic carbocycles. The average molecular weight is 363 g/mol. The molecule has 0 heterocycles. The molecule has 2 aliphatic rings. The Balaban J connectivity index is 1.91. The van der Waals surface area contributed by atoms with E-state index in [4.69, 9.17) is 0 Å². The molecular formula is C23H32F2O. The molecule has 0 saturated heterocycles. The van der Waals surface area contributed by atoms with Gasteiger partial charge in [-0.15, -0.1) is 0 Å². The van der Waals surface area contributed by atoms with Gasteiger partial charge in [0.05, 0.1) is 0 Å². The Morgan fingerprint density at radius 3 is 2.35 bits per heavy atom. The van der Waals surface area contributed by atoms with Gasteiger partial charge in [-0.2, -0.15) is 0 Å². The number of benzene rings is 1. The summed E-state index contributed by atoms with van der Waals surface area (Å²) in [6.07, 6.45) is 11.7. The van der Waals surface area contributed by atoms with E-state index in [1.54, 1.807) is 0 Å². The molecule has 2 fully saturated rings. The quantitative estimate of drug-likeness (QED) is 0.517. The van der Waals surface area contributed by atoms with Crippen LogP contribution < -0.4 is 0 Å². The molecule has 144 valence electrons. The van der Waals surface area contributed by atoms with Crippen molar-refractivity contribution in [2.75, 3.05) is 0 Å². The van der Waals surface area contributed by atoms with Gasteiger partial charge in [-0.3, -0.25) is 4.79 Å². The van der Waals surface area contributed by atoms with Crippen molar-refractivity contribution in [3.05, 3.63) is 34.9 Å². The molecule has 1 nitrogen and oxygen atoms in total. The highest BCUT2D eigenvalue weighted by Gasteiger charge is 2.44. The fourth-order valence-corrected chi connectivity index (χ4v) is 5.31. The van der Waals surface area contributed by atoms with E-state index < -0.39 is 11.6 Å². The van der Waals surface area contributed by atoms with Gasteiger partial charge in [0.25, 0.3) is 0 Å². The third kappa shape index (κ3) is 3.87. The predicted molar refractivity (Wildman–Crippen MR) is 101 cm³/mol. The van der Waals surface area contributed by atoms with Gasteiger partial charge < -0.3 is 0 Å². The van der Waals surface area contributed by atoms with Crippen LogP contribution in [0.3, 0.4) is 0 Å². The SMILES string of the molecule is CCCCCc1ccc(C2(C3CCC(=O)CC3)CCCCC2)c(F)c1F. The van der Waals surface area contributed by atoms with Gasteiger partial charge in [-0.05, 0) is 55.6 Å².